The second-order valence-electron chi connectivity index (χ2n) is 8.14. The molecular weight excluding hydrogens is 481 g/mol. The molecule has 1 heterocycles. The van der Waals surface area contributed by atoms with Gasteiger partial charge in [-0.05, 0) is 49.2 Å². The molecule has 0 bridgehead atoms. The second-order valence-corrected chi connectivity index (χ2v) is 8.14. The normalized spacial score (nSPS) is 13.3. The van der Waals surface area contributed by atoms with E-state index in [1.54, 1.807) is 18.2 Å². The van der Waals surface area contributed by atoms with E-state index in [-0.39, 0.29) is 49.2 Å². The van der Waals surface area contributed by atoms with Crippen molar-refractivity contribution < 1.29 is 46.8 Å². The molecule has 0 amide bonds. The molecule has 0 saturated heterocycles. The Hall–Kier alpha value is -3.50. The van der Waals surface area contributed by atoms with Gasteiger partial charge in [0.15, 0.2) is 0 Å². The zero-order valence-electron chi connectivity index (χ0n) is 19.6. The van der Waals surface area contributed by atoms with Crippen LogP contribution in [0.25, 0.3) is 22.3 Å². The lowest BCUT2D eigenvalue weighted by Gasteiger charge is -2.17. The molecule has 0 aliphatic rings. The summed E-state index contributed by atoms with van der Waals surface area (Å²) in [6, 6.07) is 10.1. The predicted molar refractivity (Wildman–Crippen MR) is 126 cm³/mol. The van der Waals surface area contributed by atoms with E-state index in [2.05, 4.69) is 6.58 Å². The molecule has 0 spiro atoms. The number of benzene rings is 2. The van der Waals surface area contributed by atoms with Crippen LogP contribution < -0.4 is 9.47 Å². The molecule has 2 unspecified atom stereocenters. The summed E-state index contributed by atoms with van der Waals surface area (Å²) in [5.74, 6) is -0.383. The Morgan fingerprint density at radius 3 is 2.53 bits per heavy atom. The smallest absolute Gasteiger partial charge is 0.417 e. The predicted octanol–water partition coefficient (Wildman–Crippen LogP) is 4.98. The minimum absolute atomic E-state index is 0.0523. The van der Waals surface area contributed by atoms with Crippen molar-refractivity contribution in [1.29, 1.82) is 0 Å². The topological polar surface area (TPSA) is 98.4 Å². The van der Waals surface area contributed by atoms with Gasteiger partial charge in [0, 0.05) is 35.6 Å². The summed E-state index contributed by atoms with van der Waals surface area (Å²) < 4.78 is 62.0. The van der Waals surface area contributed by atoms with Gasteiger partial charge in [0.25, 0.3) is 0 Å². The van der Waals surface area contributed by atoms with Crippen LogP contribution >= 0.6 is 0 Å². The molecule has 0 aliphatic carbocycles. The maximum Gasteiger partial charge on any atom is 0.417 e. The van der Waals surface area contributed by atoms with Crippen LogP contribution in [0.1, 0.15) is 18.4 Å². The lowest BCUT2D eigenvalue weighted by molar-refractivity contribution is -0.141. The van der Waals surface area contributed by atoms with Gasteiger partial charge in [0.05, 0.1) is 25.4 Å². The van der Waals surface area contributed by atoms with Gasteiger partial charge < -0.3 is 28.8 Å². The van der Waals surface area contributed by atoms with E-state index in [9.17, 15) is 28.2 Å². The number of ether oxygens (including phenoxy) is 3. The summed E-state index contributed by atoms with van der Waals surface area (Å²) in [6.07, 6.45) is -3.79. The number of aliphatic hydroxyl groups is 2. The maximum absolute atomic E-state index is 13.6. The highest BCUT2D eigenvalue weighted by molar-refractivity contribution is 5.84. The SMILES string of the molecule is C=CC(=O)OCC(O)CCC(CO)COc1ccc2cc(-c3ccc(OC)cc3C(F)(F)F)oc2c1. The molecule has 10 heteroatoms. The first-order chi connectivity index (χ1) is 17.1. The maximum atomic E-state index is 13.6. The number of hydrogen-bond donors (Lipinski definition) is 2. The van der Waals surface area contributed by atoms with Crippen molar-refractivity contribution in [3.8, 4) is 22.8 Å². The summed E-state index contributed by atoms with van der Waals surface area (Å²) in [7, 11) is 1.29. The van der Waals surface area contributed by atoms with Gasteiger partial charge in [-0.1, -0.05) is 6.58 Å². The zero-order valence-corrected chi connectivity index (χ0v) is 19.6. The summed E-state index contributed by atoms with van der Waals surface area (Å²) in [4.78, 5) is 11.1. The third kappa shape index (κ3) is 7.02. The van der Waals surface area contributed by atoms with Crippen LogP contribution in [0.5, 0.6) is 11.5 Å². The molecule has 2 N–H and O–H groups in total. The molecule has 2 atom stereocenters. The number of hydrogen-bond acceptors (Lipinski definition) is 7. The highest BCUT2D eigenvalue weighted by Crippen LogP contribution is 2.41. The van der Waals surface area contributed by atoms with E-state index >= 15 is 0 Å². The molecule has 0 aliphatic heterocycles. The van der Waals surface area contributed by atoms with Crippen molar-refractivity contribution in [2.75, 3.05) is 26.9 Å². The number of methoxy groups -OCH3 is 1. The lowest BCUT2D eigenvalue weighted by Crippen LogP contribution is -2.22. The Bertz CT molecular complexity index is 1190. The van der Waals surface area contributed by atoms with E-state index in [1.807, 2.05) is 0 Å². The molecule has 0 radical (unpaired) electrons. The van der Waals surface area contributed by atoms with E-state index < -0.39 is 23.8 Å². The molecule has 194 valence electrons. The Kier molecular flexibility index (Phi) is 9.00. The first-order valence-corrected chi connectivity index (χ1v) is 11.1. The lowest BCUT2D eigenvalue weighted by atomic mass is 10.0. The van der Waals surface area contributed by atoms with Gasteiger partial charge in [0.1, 0.15) is 29.4 Å². The van der Waals surface area contributed by atoms with Gasteiger partial charge in [-0.15, -0.1) is 0 Å². The Balaban J connectivity index is 1.67. The quantitative estimate of drug-likeness (QED) is 0.263. The van der Waals surface area contributed by atoms with Gasteiger partial charge in [-0.3, -0.25) is 0 Å². The first-order valence-electron chi connectivity index (χ1n) is 11.1. The van der Waals surface area contributed by atoms with Crippen LogP contribution in [0.2, 0.25) is 0 Å². The Labute approximate surface area is 205 Å². The number of furan rings is 1. The monoisotopic (exact) mass is 508 g/mol. The Morgan fingerprint density at radius 1 is 1.11 bits per heavy atom. The third-order valence-corrected chi connectivity index (χ3v) is 5.53. The van der Waals surface area contributed by atoms with Crippen molar-refractivity contribution in [1.82, 2.24) is 0 Å². The van der Waals surface area contributed by atoms with E-state index in [1.165, 1.54) is 25.3 Å². The molecule has 0 saturated carbocycles. The first kappa shape index (κ1) is 27.1. The second kappa shape index (κ2) is 12.0. The molecular formula is C26H27F3O7. The number of fused-ring (bicyclic) bond motifs is 1. The van der Waals surface area contributed by atoms with Crippen LogP contribution in [0, 0.1) is 5.92 Å². The summed E-state index contributed by atoms with van der Waals surface area (Å²) in [5, 5.41) is 20.1. The van der Waals surface area contributed by atoms with Crippen molar-refractivity contribution in [3.05, 3.63) is 60.7 Å². The van der Waals surface area contributed by atoms with Crippen LogP contribution in [0.4, 0.5) is 13.2 Å². The molecule has 3 aromatic rings. The summed E-state index contributed by atoms with van der Waals surface area (Å²) in [5.41, 5.74) is -0.643. The van der Waals surface area contributed by atoms with Gasteiger partial charge >= 0.3 is 12.1 Å². The average molecular weight is 508 g/mol. The number of carbonyl (C=O) groups excluding carboxylic acids is 1. The van der Waals surface area contributed by atoms with Gasteiger partial charge in [-0.2, -0.15) is 13.2 Å². The fraction of sp³-hybridized carbons (Fsp3) is 0.346. The molecule has 3 rings (SSSR count). The fourth-order valence-electron chi connectivity index (χ4n) is 3.52. The van der Waals surface area contributed by atoms with Crippen molar-refractivity contribution in [3.63, 3.8) is 0 Å². The number of aliphatic hydroxyl groups excluding tert-OH is 2. The highest BCUT2D eigenvalue weighted by Gasteiger charge is 2.35. The van der Waals surface area contributed by atoms with Crippen molar-refractivity contribution >= 4 is 16.9 Å². The molecule has 36 heavy (non-hydrogen) atoms. The van der Waals surface area contributed by atoms with Crippen LogP contribution in [0.15, 0.2) is 59.5 Å². The Morgan fingerprint density at radius 2 is 1.86 bits per heavy atom. The molecule has 2 aromatic carbocycles. The third-order valence-electron chi connectivity index (χ3n) is 5.53. The van der Waals surface area contributed by atoms with Crippen molar-refractivity contribution in [2.24, 2.45) is 5.92 Å². The van der Waals surface area contributed by atoms with Crippen LogP contribution in [0.3, 0.4) is 0 Å². The number of halogens is 3. The van der Waals surface area contributed by atoms with Crippen molar-refractivity contribution in [2.45, 2.75) is 25.1 Å². The summed E-state index contributed by atoms with van der Waals surface area (Å²) >= 11 is 0. The highest BCUT2D eigenvalue weighted by atomic mass is 19.4. The van der Waals surface area contributed by atoms with Gasteiger partial charge in [-0.25, -0.2) is 4.79 Å². The molecule has 0 fully saturated rings. The minimum Gasteiger partial charge on any atom is -0.497 e. The molecule has 7 nitrogen and oxygen atoms in total. The minimum atomic E-state index is -4.60. The van der Waals surface area contributed by atoms with Crippen LogP contribution in [-0.2, 0) is 15.7 Å². The van der Waals surface area contributed by atoms with Crippen LogP contribution in [-0.4, -0.2) is 49.2 Å². The standard InChI is InChI=1S/C26H27F3O7/c1-3-25(32)35-15-18(31)6-4-16(13-30)14-34-20-7-5-17-10-24(36-23(17)12-20)21-9-8-19(33-2)11-22(21)26(27,28)29/h3,5,7-12,16,18,30-31H,1,4,6,13-15H2,2H3. The number of rotatable bonds is 12. The van der Waals surface area contributed by atoms with Gasteiger partial charge in [0.2, 0.25) is 0 Å². The zero-order chi connectivity index (χ0) is 26.3. The van der Waals surface area contributed by atoms with E-state index in [0.29, 0.717) is 23.1 Å². The average Bonchev–Trinajstić information content (AvgIpc) is 3.29. The van der Waals surface area contributed by atoms with E-state index in [0.717, 1.165) is 12.1 Å². The number of esters is 1. The molecule has 1 aromatic heterocycles. The fourth-order valence-corrected chi connectivity index (χ4v) is 3.52. The van der Waals surface area contributed by atoms with E-state index in [4.69, 9.17) is 18.6 Å². The number of carbonyl (C=O) groups is 1. The number of alkyl halides is 3. The summed E-state index contributed by atoms with van der Waals surface area (Å²) in [6.45, 7) is 3.04. The largest absolute Gasteiger partial charge is 0.497 e.